The van der Waals surface area contributed by atoms with Crippen LogP contribution in [0.15, 0.2) is 24.3 Å². The predicted molar refractivity (Wildman–Crippen MR) is 108 cm³/mol. The normalized spacial score (nSPS) is 17.9. The summed E-state index contributed by atoms with van der Waals surface area (Å²) in [5.74, 6) is -0.986. The van der Waals surface area contributed by atoms with Gasteiger partial charge in [-0.15, -0.1) is 0 Å². The second kappa shape index (κ2) is 14.8. The predicted octanol–water partition coefficient (Wildman–Crippen LogP) is 2.48. The number of aliphatic carboxylic acids is 1. The van der Waals surface area contributed by atoms with E-state index in [1.165, 1.54) is 0 Å². The number of carbonyl (C=O) groups is 1. The lowest BCUT2D eigenvalue weighted by Crippen LogP contribution is -2.63. The van der Waals surface area contributed by atoms with Crippen LogP contribution >= 0.6 is 0 Å². The van der Waals surface area contributed by atoms with Crippen LogP contribution in [0.25, 0.3) is 0 Å². The average molecular weight is 387 g/mol. The molecule has 6 nitrogen and oxygen atoms in total. The van der Waals surface area contributed by atoms with Crippen LogP contribution in [0.2, 0.25) is 0 Å². The van der Waals surface area contributed by atoms with Crippen LogP contribution < -0.4 is 0 Å². The summed E-state index contributed by atoms with van der Waals surface area (Å²) in [5, 5.41) is 40.1. The zero-order chi connectivity index (χ0) is 20.7. The van der Waals surface area contributed by atoms with Gasteiger partial charge in [-0.25, -0.2) is 4.79 Å². The summed E-state index contributed by atoms with van der Waals surface area (Å²) < 4.78 is -0.0247. The molecule has 0 aromatic carbocycles. The second-order valence-corrected chi connectivity index (χ2v) is 7.27. The molecule has 3 unspecified atom stereocenters. The lowest BCUT2D eigenvalue weighted by molar-refractivity contribution is -0.947. The molecule has 0 bridgehead atoms. The third kappa shape index (κ3) is 10.6. The van der Waals surface area contributed by atoms with Gasteiger partial charge in [0.1, 0.15) is 31.8 Å². The minimum Gasteiger partial charge on any atom is -0.477 e. The molecule has 0 saturated carbocycles. The highest BCUT2D eigenvalue weighted by atomic mass is 16.4. The van der Waals surface area contributed by atoms with E-state index in [0.717, 1.165) is 25.7 Å². The summed E-state index contributed by atoms with van der Waals surface area (Å²) in [6.07, 6.45) is 11.1. The summed E-state index contributed by atoms with van der Waals surface area (Å²) >= 11 is 0. The first kappa shape index (κ1) is 25.8. The molecule has 0 saturated heterocycles. The Morgan fingerprint density at radius 1 is 0.926 bits per heavy atom. The maximum Gasteiger partial charge on any atom is 0.362 e. The number of nitrogens with zero attached hydrogens (tertiary/aromatic N) is 1. The van der Waals surface area contributed by atoms with Gasteiger partial charge in [0.2, 0.25) is 0 Å². The van der Waals surface area contributed by atoms with Crippen molar-refractivity contribution >= 4 is 5.97 Å². The van der Waals surface area contributed by atoms with Gasteiger partial charge in [-0.2, -0.15) is 0 Å². The molecular formula is C21H40NO5+. The van der Waals surface area contributed by atoms with Crippen molar-refractivity contribution in [1.82, 2.24) is 0 Å². The molecule has 0 rings (SSSR count). The van der Waals surface area contributed by atoms with Crippen molar-refractivity contribution in [2.45, 2.75) is 77.5 Å². The zero-order valence-electron chi connectivity index (χ0n) is 17.3. The van der Waals surface area contributed by atoms with Crippen molar-refractivity contribution in [2.24, 2.45) is 0 Å². The van der Waals surface area contributed by atoms with Crippen molar-refractivity contribution in [3.63, 3.8) is 0 Å². The van der Waals surface area contributed by atoms with Crippen molar-refractivity contribution in [1.29, 1.82) is 0 Å². The van der Waals surface area contributed by atoms with Crippen molar-refractivity contribution in [3.05, 3.63) is 24.3 Å². The van der Waals surface area contributed by atoms with E-state index in [2.05, 4.69) is 0 Å². The first-order chi connectivity index (χ1) is 12.8. The summed E-state index contributed by atoms with van der Waals surface area (Å²) in [6, 6.07) is -0.821. The maximum absolute atomic E-state index is 11.7. The SMILES string of the molecule is CC/C=C/CCC(O)C[N+](CCO)(CC(O)CC/C=C/CC)C(C)C(=O)O. The molecule has 0 radical (unpaired) electrons. The van der Waals surface area contributed by atoms with Crippen molar-refractivity contribution in [3.8, 4) is 0 Å². The highest BCUT2D eigenvalue weighted by molar-refractivity contribution is 5.71. The van der Waals surface area contributed by atoms with E-state index in [9.17, 15) is 25.2 Å². The number of aliphatic hydroxyl groups is 3. The first-order valence-corrected chi connectivity index (χ1v) is 10.2. The molecule has 0 heterocycles. The molecule has 0 amide bonds. The number of carboxylic acids is 1. The molecule has 3 atom stereocenters. The van der Waals surface area contributed by atoms with Gasteiger partial charge in [-0.1, -0.05) is 38.2 Å². The summed E-state index contributed by atoms with van der Waals surface area (Å²) in [5.41, 5.74) is 0. The molecule has 0 aliphatic carbocycles. The fourth-order valence-electron chi connectivity index (χ4n) is 3.37. The fraction of sp³-hybridized carbons (Fsp3) is 0.762. The molecule has 0 aliphatic rings. The largest absolute Gasteiger partial charge is 0.477 e. The van der Waals surface area contributed by atoms with Crippen molar-refractivity contribution in [2.75, 3.05) is 26.2 Å². The molecule has 158 valence electrons. The van der Waals surface area contributed by atoms with Crippen LogP contribution in [0.4, 0.5) is 0 Å². The third-order valence-electron chi connectivity index (χ3n) is 5.01. The average Bonchev–Trinajstić information content (AvgIpc) is 2.61. The van der Waals surface area contributed by atoms with Crippen LogP contribution in [0.3, 0.4) is 0 Å². The van der Waals surface area contributed by atoms with Crippen LogP contribution in [0.5, 0.6) is 0 Å². The Kier molecular flexibility index (Phi) is 14.1. The van der Waals surface area contributed by atoms with E-state index in [4.69, 9.17) is 0 Å². The van der Waals surface area contributed by atoms with E-state index in [-0.39, 0.29) is 30.7 Å². The van der Waals surface area contributed by atoms with Gasteiger partial charge in [-0.3, -0.25) is 0 Å². The molecule has 0 aromatic rings. The van der Waals surface area contributed by atoms with Crippen LogP contribution in [0.1, 0.15) is 59.3 Å². The van der Waals surface area contributed by atoms with Crippen LogP contribution in [-0.2, 0) is 4.79 Å². The lowest BCUT2D eigenvalue weighted by Gasteiger charge is -2.43. The monoisotopic (exact) mass is 386 g/mol. The number of aliphatic hydroxyl groups excluding tert-OH is 3. The summed E-state index contributed by atoms with van der Waals surface area (Å²) in [7, 11) is 0. The maximum atomic E-state index is 11.7. The quantitative estimate of drug-likeness (QED) is 0.241. The Balaban J connectivity index is 5.18. The molecule has 0 aliphatic heterocycles. The highest BCUT2D eigenvalue weighted by Crippen LogP contribution is 2.20. The van der Waals surface area contributed by atoms with Gasteiger partial charge in [-0.05, 0) is 45.4 Å². The van der Waals surface area contributed by atoms with Gasteiger partial charge < -0.3 is 24.9 Å². The molecule has 0 fully saturated rings. The molecule has 27 heavy (non-hydrogen) atoms. The third-order valence-corrected chi connectivity index (χ3v) is 5.01. The Morgan fingerprint density at radius 3 is 1.70 bits per heavy atom. The van der Waals surface area contributed by atoms with E-state index in [0.29, 0.717) is 12.8 Å². The molecule has 6 heteroatoms. The highest BCUT2D eigenvalue weighted by Gasteiger charge is 2.41. The standard InChI is InChI=1S/C21H39NO5/c1-4-6-8-10-12-19(24)16-22(14-15-23,18(3)21(26)27)17-20(25)13-11-9-7-5-2/h6-9,18-20,23-25H,4-5,10-17H2,1-3H3/p+1/b8-6+,9-7+. The van der Waals surface area contributed by atoms with Gasteiger partial charge in [0.05, 0.1) is 6.61 Å². The van der Waals surface area contributed by atoms with E-state index in [1.807, 2.05) is 38.2 Å². The number of carboxylic acid groups (broad SMARTS) is 1. The lowest BCUT2D eigenvalue weighted by atomic mass is 10.0. The Bertz CT molecular complexity index is 424. The number of hydrogen-bond donors (Lipinski definition) is 4. The van der Waals surface area contributed by atoms with Crippen LogP contribution in [0, 0.1) is 0 Å². The smallest absolute Gasteiger partial charge is 0.362 e. The molecule has 4 N–H and O–H groups in total. The number of allylic oxidation sites excluding steroid dienone is 4. The fourth-order valence-corrected chi connectivity index (χ4v) is 3.37. The zero-order valence-corrected chi connectivity index (χ0v) is 17.3. The van der Waals surface area contributed by atoms with Gasteiger partial charge in [0.25, 0.3) is 0 Å². The Morgan fingerprint density at radius 2 is 1.37 bits per heavy atom. The number of rotatable bonds is 16. The first-order valence-electron chi connectivity index (χ1n) is 10.2. The minimum absolute atomic E-state index is 0.0247. The van der Waals surface area contributed by atoms with Gasteiger partial charge >= 0.3 is 5.97 Å². The second-order valence-electron chi connectivity index (χ2n) is 7.27. The number of hydrogen-bond acceptors (Lipinski definition) is 4. The van der Waals surface area contributed by atoms with Gasteiger partial charge in [0.15, 0.2) is 6.04 Å². The van der Waals surface area contributed by atoms with E-state index < -0.39 is 24.2 Å². The van der Waals surface area contributed by atoms with Gasteiger partial charge in [0, 0.05) is 0 Å². The Hall–Kier alpha value is -1.21. The van der Waals surface area contributed by atoms with Crippen LogP contribution in [-0.4, -0.2) is 75.4 Å². The Labute approximate surface area is 164 Å². The van der Waals surface area contributed by atoms with E-state index in [1.54, 1.807) is 6.92 Å². The topological polar surface area (TPSA) is 98.0 Å². The number of quaternary nitrogens is 1. The van der Waals surface area contributed by atoms with E-state index >= 15 is 0 Å². The summed E-state index contributed by atoms with van der Waals surface area (Å²) in [4.78, 5) is 11.7. The summed E-state index contributed by atoms with van der Waals surface area (Å²) in [6.45, 7) is 6.08. The molecule has 0 spiro atoms. The minimum atomic E-state index is -0.986. The molecular weight excluding hydrogens is 346 g/mol. The van der Waals surface area contributed by atoms with Crippen molar-refractivity contribution < 1.29 is 29.7 Å². The molecule has 0 aromatic heterocycles.